The van der Waals surface area contributed by atoms with Crippen molar-refractivity contribution in [1.29, 1.82) is 0 Å². The van der Waals surface area contributed by atoms with Crippen LogP contribution in [0, 0.1) is 17.5 Å². The molecule has 0 aromatic heterocycles. The minimum Gasteiger partial charge on any atom is -0.330 e. The van der Waals surface area contributed by atoms with Gasteiger partial charge in [-0.05, 0) is 43.9 Å². The Kier molecular flexibility index (Phi) is 4.80. The Balaban J connectivity index is 2.96. The van der Waals surface area contributed by atoms with Gasteiger partial charge in [-0.3, -0.25) is 0 Å². The van der Waals surface area contributed by atoms with Crippen molar-refractivity contribution in [3.8, 4) is 0 Å². The van der Waals surface area contributed by atoms with E-state index in [4.69, 9.17) is 5.73 Å². The summed E-state index contributed by atoms with van der Waals surface area (Å²) in [6.45, 7) is 2.12. The smallest absolute Gasteiger partial charge is 0.164 e. The van der Waals surface area contributed by atoms with Crippen molar-refractivity contribution >= 4 is 0 Å². The van der Waals surface area contributed by atoms with Crippen molar-refractivity contribution in [2.45, 2.75) is 32.6 Å². The van der Waals surface area contributed by atoms with Gasteiger partial charge in [0.1, 0.15) is 5.82 Å². The number of aryl methyl sites for hydroxylation is 1. The molecule has 0 unspecified atom stereocenters. The van der Waals surface area contributed by atoms with Gasteiger partial charge in [-0.15, -0.1) is 0 Å². The molecule has 4 heteroatoms. The number of halogens is 3. The Morgan fingerprint density at radius 3 is 2.38 bits per heavy atom. The lowest BCUT2D eigenvalue weighted by molar-refractivity contribution is 0.474. The maximum Gasteiger partial charge on any atom is 0.164 e. The SMILES string of the molecule is CCc1c(F)c(F)cc(CCCCN)c1F. The third-order valence-corrected chi connectivity index (χ3v) is 2.58. The zero-order valence-electron chi connectivity index (χ0n) is 9.32. The highest BCUT2D eigenvalue weighted by molar-refractivity contribution is 5.29. The molecule has 0 saturated heterocycles. The summed E-state index contributed by atoms with van der Waals surface area (Å²) in [6, 6.07) is 0.945. The average molecular weight is 231 g/mol. The van der Waals surface area contributed by atoms with E-state index in [0.29, 0.717) is 19.4 Å². The first-order valence-corrected chi connectivity index (χ1v) is 5.47. The van der Waals surface area contributed by atoms with Crippen LogP contribution in [-0.4, -0.2) is 6.54 Å². The van der Waals surface area contributed by atoms with E-state index in [0.717, 1.165) is 12.5 Å². The van der Waals surface area contributed by atoms with Gasteiger partial charge in [0, 0.05) is 5.56 Å². The molecule has 0 amide bonds. The van der Waals surface area contributed by atoms with Gasteiger partial charge in [0.05, 0.1) is 0 Å². The zero-order valence-corrected chi connectivity index (χ0v) is 9.32. The number of benzene rings is 1. The molecule has 0 saturated carbocycles. The van der Waals surface area contributed by atoms with Crippen molar-refractivity contribution in [3.63, 3.8) is 0 Å². The maximum atomic E-state index is 13.7. The van der Waals surface area contributed by atoms with Crippen molar-refractivity contribution in [2.24, 2.45) is 5.73 Å². The van der Waals surface area contributed by atoms with Gasteiger partial charge >= 0.3 is 0 Å². The van der Waals surface area contributed by atoms with Crippen LogP contribution >= 0.6 is 0 Å². The fourth-order valence-corrected chi connectivity index (χ4v) is 1.67. The van der Waals surface area contributed by atoms with Crippen LogP contribution in [0.5, 0.6) is 0 Å². The van der Waals surface area contributed by atoms with Gasteiger partial charge in [-0.1, -0.05) is 6.92 Å². The standard InChI is InChI=1S/C12H16F3N/c1-2-9-11(14)8(5-3-4-6-16)7-10(13)12(9)15/h7H,2-6,16H2,1H3. The van der Waals surface area contributed by atoms with Gasteiger partial charge in [0.2, 0.25) is 0 Å². The Bertz CT molecular complexity index is 364. The topological polar surface area (TPSA) is 26.0 Å². The zero-order chi connectivity index (χ0) is 12.1. The summed E-state index contributed by atoms with van der Waals surface area (Å²) in [5, 5.41) is 0. The van der Waals surface area contributed by atoms with Crippen molar-refractivity contribution in [2.75, 3.05) is 6.54 Å². The van der Waals surface area contributed by atoms with E-state index >= 15 is 0 Å². The molecule has 0 aliphatic carbocycles. The van der Waals surface area contributed by atoms with Crippen molar-refractivity contribution < 1.29 is 13.2 Å². The number of nitrogens with two attached hydrogens (primary N) is 1. The number of hydrogen-bond donors (Lipinski definition) is 1. The summed E-state index contributed by atoms with van der Waals surface area (Å²) in [4.78, 5) is 0. The summed E-state index contributed by atoms with van der Waals surface area (Å²) in [5.41, 5.74) is 5.39. The predicted octanol–water partition coefficient (Wildman–Crippen LogP) is 2.95. The summed E-state index contributed by atoms with van der Waals surface area (Å²) < 4.78 is 40.0. The highest BCUT2D eigenvalue weighted by Gasteiger charge is 2.16. The van der Waals surface area contributed by atoms with E-state index in [1.807, 2.05) is 0 Å². The van der Waals surface area contributed by atoms with E-state index in [1.54, 1.807) is 6.92 Å². The van der Waals surface area contributed by atoms with E-state index in [-0.39, 0.29) is 17.5 Å². The van der Waals surface area contributed by atoms with Crippen molar-refractivity contribution in [3.05, 3.63) is 34.6 Å². The summed E-state index contributed by atoms with van der Waals surface area (Å²) >= 11 is 0. The summed E-state index contributed by atoms with van der Waals surface area (Å²) in [7, 11) is 0. The first-order chi connectivity index (χ1) is 7.61. The molecule has 1 rings (SSSR count). The summed E-state index contributed by atoms with van der Waals surface area (Å²) in [6.07, 6.45) is 1.98. The molecule has 1 aromatic rings. The molecular weight excluding hydrogens is 215 g/mol. The van der Waals surface area contributed by atoms with Gasteiger partial charge in [-0.2, -0.15) is 0 Å². The third-order valence-electron chi connectivity index (χ3n) is 2.58. The van der Waals surface area contributed by atoms with Crippen LogP contribution in [0.2, 0.25) is 0 Å². The van der Waals surface area contributed by atoms with E-state index in [2.05, 4.69) is 0 Å². The second kappa shape index (κ2) is 5.89. The molecule has 2 N–H and O–H groups in total. The minimum absolute atomic E-state index is 0.152. The lowest BCUT2D eigenvalue weighted by Crippen LogP contribution is -2.05. The lowest BCUT2D eigenvalue weighted by Gasteiger charge is -2.09. The van der Waals surface area contributed by atoms with E-state index in [9.17, 15) is 13.2 Å². The van der Waals surface area contributed by atoms with Crippen LogP contribution in [0.25, 0.3) is 0 Å². The van der Waals surface area contributed by atoms with E-state index < -0.39 is 17.5 Å². The van der Waals surface area contributed by atoms with Gasteiger partial charge in [0.15, 0.2) is 11.6 Å². The van der Waals surface area contributed by atoms with Crippen molar-refractivity contribution in [1.82, 2.24) is 0 Å². The molecule has 0 bridgehead atoms. The third kappa shape index (κ3) is 2.76. The first-order valence-electron chi connectivity index (χ1n) is 5.47. The second-order valence-corrected chi connectivity index (χ2v) is 3.72. The molecule has 1 nitrogen and oxygen atoms in total. The quantitative estimate of drug-likeness (QED) is 0.612. The number of rotatable bonds is 5. The average Bonchev–Trinajstić information content (AvgIpc) is 2.26. The Morgan fingerprint density at radius 2 is 1.81 bits per heavy atom. The number of hydrogen-bond acceptors (Lipinski definition) is 1. The normalized spacial score (nSPS) is 10.8. The molecule has 1 aromatic carbocycles. The monoisotopic (exact) mass is 231 g/mol. The second-order valence-electron chi connectivity index (χ2n) is 3.72. The highest BCUT2D eigenvalue weighted by Crippen LogP contribution is 2.22. The highest BCUT2D eigenvalue weighted by atomic mass is 19.2. The van der Waals surface area contributed by atoms with Crippen LogP contribution < -0.4 is 5.73 Å². The predicted molar refractivity (Wildman–Crippen MR) is 57.7 cm³/mol. The molecule has 0 radical (unpaired) electrons. The maximum absolute atomic E-state index is 13.7. The van der Waals surface area contributed by atoms with Crippen LogP contribution in [0.15, 0.2) is 6.07 Å². The molecule has 0 fully saturated rings. The molecular formula is C12H16F3N. The fourth-order valence-electron chi connectivity index (χ4n) is 1.67. The molecule has 0 aliphatic rings. The summed E-state index contributed by atoms with van der Waals surface area (Å²) in [5.74, 6) is -2.65. The Hall–Kier alpha value is -1.03. The molecule has 0 atom stereocenters. The minimum atomic E-state index is -1.07. The lowest BCUT2D eigenvalue weighted by atomic mass is 10.0. The van der Waals surface area contributed by atoms with Gasteiger partial charge in [-0.25, -0.2) is 13.2 Å². The van der Waals surface area contributed by atoms with Crippen LogP contribution in [-0.2, 0) is 12.8 Å². The molecule has 16 heavy (non-hydrogen) atoms. The van der Waals surface area contributed by atoms with E-state index in [1.165, 1.54) is 0 Å². The fraction of sp³-hybridized carbons (Fsp3) is 0.500. The molecule has 90 valence electrons. The molecule has 0 heterocycles. The Morgan fingerprint density at radius 1 is 1.12 bits per heavy atom. The van der Waals surface area contributed by atoms with Crippen LogP contribution in [0.1, 0.15) is 30.9 Å². The van der Waals surface area contributed by atoms with Gasteiger partial charge < -0.3 is 5.73 Å². The first kappa shape index (κ1) is 13.0. The van der Waals surface area contributed by atoms with Crippen LogP contribution in [0.4, 0.5) is 13.2 Å². The molecule has 0 spiro atoms. The van der Waals surface area contributed by atoms with Gasteiger partial charge in [0.25, 0.3) is 0 Å². The molecule has 0 aliphatic heterocycles. The van der Waals surface area contributed by atoms with Crippen LogP contribution in [0.3, 0.4) is 0 Å². The number of unbranched alkanes of at least 4 members (excludes halogenated alkanes) is 1. The largest absolute Gasteiger partial charge is 0.330 e. The Labute approximate surface area is 93.5 Å².